The van der Waals surface area contributed by atoms with Crippen molar-refractivity contribution in [2.75, 3.05) is 30.4 Å². The summed E-state index contributed by atoms with van der Waals surface area (Å²) in [4.78, 5) is 16.2. The molecule has 7 heteroatoms. The molecule has 0 fully saturated rings. The van der Waals surface area contributed by atoms with E-state index in [1.54, 1.807) is 24.9 Å². The zero-order valence-corrected chi connectivity index (χ0v) is 10.8. The van der Waals surface area contributed by atoms with Crippen molar-refractivity contribution in [3.63, 3.8) is 0 Å². The summed E-state index contributed by atoms with van der Waals surface area (Å²) in [7, 11) is 1.66. The largest absolute Gasteiger partial charge is 0.392 e. The first kappa shape index (κ1) is 14.2. The van der Waals surface area contributed by atoms with Crippen LogP contribution in [0.15, 0.2) is 12.1 Å². The van der Waals surface area contributed by atoms with Gasteiger partial charge < -0.3 is 15.3 Å². The van der Waals surface area contributed by atoms with Crippen molar-refractivity contribution in [1.29, 1.82) is 0 Å². The average molecular weight is 254 g/mol. The normalized spacial score (nSPS) is 12.0. The van der Waals surface area contributed by atoms with Crippen LogP contribution in [0.1, 0.15) is 13.8 Å². The average Bonchev–Trinajstić information content (AvgIpc) is 2.28. The van der Waals surface area contributed by atoms with Gasteiger partial charge in [-0.2, -0.15) is 0 Å². The Bertz CT molecular complexity index is 423. The molecule has 1 atom stereocenters. The second-order valence-corrected chi connectivity index (χ2v) is 4.06. The molecule has 1 heterocycles. The number of aromatic nitrogens is 1. The van der Waals surface area contributed by atoms with Crippen molar-refractivity contribution in [1.82, 2.24) is 4.98 Å². The van der Waals surface area contributed by atoms with Crippen molar-refractivity contribution in [2.45, 2.75) is 20.0 Å². The van der Waals surface area contributed by atoms with E-state index in [1.165, 1.54) is 6.07 Å². The molecule has 1 unspecified atom stereocenters. The van der Waals surface area contributed by atoms with E-state index in [2.05, 4.69) is 10.3 Å². The highest BCUT2D eigenvalue weighted by Gasteiger charge is 2.20. The van der Waals surface area contributed by atoms with Gasteiger partial charge >= 0.3 is 5.69 Å². The van der Waals surface area contributed by atoms with Crippen molar-refractivity contribution >= 4 is 17.3 Å². The van der Waals surface area contributed by atoms with Gasteiger partial charge in [-0.05, 0) is 19.9 Å². The maximum atomic E-state index is 10.9. The number of hydrogen-bond acceptors (Lipinski definition) is 6. The predicted molar refractivity (Wildman–Crippen MR) is 70.0 cm³/mol. The molecule has 0 saturated carbocycles. The fourth-order valence-corrected chi connectivity index (χ4v) is 1.63. The zero-order chi connectivity index (χ0) is 13.7. The molecule has 18 heavy (non-hydrogen) atoms. The van der Waals surface area contributed by atoms with E-state index in [1.807, 2.05) is 6.92 Å². The molecule has 7 nitrogen and oxygen atoms in total. The number of likely N-dealkylation sites (N-methyl/N-ethyl adjacent to an activating group) is 1. The highest BCUT2D eigenvalue weighted by molar-refractivity contribution is 5.61. The van der Waals surface area contributed by atoms with Crippen LogP contribution in [0.3, 0.4) is 0 Å². The highest BCUT2D eigenvalue weighted by Crippen LogP contribution is 2.26. The van der Waals surface area contributed by atoms with Crippen LogP contribution in [0.4, 0.5) is 17.3 Å². The molecule has 0 saturated heterocycles. The summed E-state index contributed by atoms with van der Waals surface area (Å²) < 4.78 is 0. The smallest absolute Gasteiger partial charge is 0.311 e. The summed E-state index contributed by atoms with van der Waals surface area (Å²) in [5.41, 5.74) is -0.0696. The first-order chi connectivity index (χ1) is 8.45. The van der Waals surface area contributed by atoms with E-state index >= 15 is 0 Å². The molecule has 0 spiro atoms. The van der Waals surface area contributed by atoms with Gasteiger partial charge in [0, 0.05) is 26.2 Å². The first-order valence-electron chi connectivity index (χ1n) is 5.74. The van der Waals surface area contributed by atoms with Crippen molar-refractivity contribution < 1.29 is 10.0 Å². The van der Waals surface area contributed by atoms with E-state index in [0.717, 1.165) is 0 Å². The van der Waals surface area contributed by atoms with Gasteiger partial charge in [0.15, 0.2) is 0 Å². The summed E-state index contributed by atoms with van der Waals surface area (Å²) in [6.45, 7) is 4.51. The van der Waals surface area contributed by atoms with Crippen molar-refractivity contribution in [3.8, 4) is 0 Å². The molecule has 0 aliphatic heterocycles. The van der Waals surface area contributed by atoms with Crippen LogP contribution < -0.4 is 10.2 Å². The number of hydrogen-bond donors (Lipinski definition) is 2. The van der Waals surface area contributed by atoms with Gasteiger partial charge in [-0.3, -0.25) is 10.1 Å². The zero-order valence-electron chi connectivity index (χ0n) is 10.8. The summed E-state index contributed by atoms with van der Waals surface area (Å²) in [5.74, 6) is 0.829. The fraction of sp³-hybridized carbons (Fsp3) is 0.545. The van der Waals surface area contributed by atoms with Crippen LogP contribution in [0, 0.1) is 10.1 Å². The molecule has 2 N–H and O–H groups in total. The summed E-state index contributed by atoms with van der Waals surface area (Å²) in [6, 6.07) is 2.99. The lowest BCUT2D eigenvalue weighted by molar-refractivity contribution is -0.384. The third-order valence-electron chi connectivity index (χ3n) is 2.31. The minimum absolute atomic E-state index is 0.0696. The van der Waals surface area contributed by atoms with Crippen LogP contribution in [0.5, 0.6) is 0 Å². The van der Waals surface area contributed by atoms with Gasteiger partial charge in [-0.15, -0.1) is 0 Å². The third-order valence-corrected chi connectivity index (χ3v) is 2.31. The monoisotopic (exact) mass is 254 g/mol. The maximum Gasteiger partial charge on any atom is 0.311 e. The Balaban J connectivity index is 3.10. The molecule has 0 aliphatic carbocycles. The Morgan fingerprint density at radius 3 is 2.78 bits per heavy atom. The van der Waals surface area contributed by atoms with E-state index < -0.39 is 11.0 Å². The quantitative estimate of drug-likeness (QED) is 0.586. The first-order valence-corrected chi connectivity index (χ1v) is 5.74. The van der Waals surface area contributed by atoms with Gasteiger partial charge in [-0.25, -0.2) is 4.98 Å². The van der Waals surface area contributed by atoms with Gasteiger partial charge in [0.1, 0.15) is 5.82 Å². The number of nitrogens with zero attached hydrogens (tertiary/aromatic N) is 3. The second-order valence-electron chi connectivity index (χ2n) is 4.06. The predicted octanol–water partition coefficient (Wildman–Crippen LogP) is 1.24. The summed E-state index contributed by atoms with van der Waals surface area (Å²) in [6.07, 6.45) is -0.584. The highest BCUT2D eigenvalue weighted by atomic mass is 16.6. The van der Waals surface area contributed by atoms with E-state index in [-0.39, 0.29) is 18.1 Å². The lowest BCUT2D eigenvalue weighted by Crippen LogP contribution is -2.28. The molecule has 1 aromatic heterocycles. The maximum absolute atomic E-state index is 10.9. The Labute approximate surface area is 106 Å². The number of aliphatic hydroxyl groups is 1. The van der Waals surface area contributed by atoms with Crippen LogP contribution in [0.25, 0.3) is 0 Å². The minimum atomic E-state index is -0.584. The van der Waals surface area contributed by atoms with Crippen LogP contribution >= 0.6 is 0 Å². The van der Waals surface area contributed by atoms with E-state index in [9.17, 15) is 15.2 Å². The fourth-order valence-electron chi connectivity index (χ4n) is 1.63. The van der Waals surface area contributed by atoms with Crippen molar-refractivity contribution in [2.24, 2.45) is 0 Å². The molecular weight excluding hydrogens is 236 g/mol. The molecule has 1 rings (SSSR count). The molecule has 0 bridgehead atoms. The third kappa shape index (κ3) is 3.56. The van der Waals surface area contributed by atoms with Gasteiger partial charge in [0.25, 0.3) is 0 Å². The van der Waals surface area contributed by atoms with Crippen molar-refractivity contribution in [3.05, 3.63) is 22.2 Å². The Kier molecular flexibility index (Phi) is 4.85. The number of aliphatic hydroxyl groups excluding tert-OH is 1. The van der Waals surface area contributed by atoms with Crippen LogP contribution in [-0.2, 0) is 0 Å². The number of nitrogens with one attached hydrogen (secondary N) is 1. The minimum Gasteiger partial charge on any atom is -0.392 e. The number of pyridine rings is 1. The van der Waals surface area contributed by atoms with Crippen LogP contribution in [0.2, 0.25) is 0 Å². The van der Waals surface area contributed by atoms with E-state index in [4.69, 9.17) is 0 Å². The standard InChI is InChI=1S/C11H18N4O3/c1-4-12-10-6-5-9(15(17)18)11(13-10)14(3)7-8(2)16/h5-6,8,16H,4,7H2,1-3H3,(H,12,13). The Hall–Kier alpha value is -1.89. The van der Waals surface area contributed by atoms with Gasteiger partial charge in [-0.1, -0.05) is 0 Å². The molecule has 100 valence electrons. The second kappa shape index (κ2) is 6.15. The number of anilines is 2. The number of rotatable bonds is 6. The Morgan fingerprint density at radius 1 is 1.61 bits per heavy atom. The molecule has 0 aliphatic rings. The molecular formula is C11H18N4O3. The summed E-state index contributed by atoms with van der Waals surface area (Å²) in [5, 5.41) is 23.3. The van der Waals surface area contributed by atoms with E-state index in [0.29, 0.717) is 12.4 Å². The van der Waals surface area contributed by atoms with Gasteiger partial charge in [0.2, 0.25) is 5.82 Å². The Morgan fingerprint density at radius 2 is 2.28 bits per heavy atom. The van der Waals surface area contributed by atoms with Gasteiger partial charge in [0.05, 0.1) is 11.0 Å². The number of nitro groups is 1. The lowest BCUT2D eigenvalue weighted by Gasteiger charge is -2.20. The molecule has 1 aromatic rings. The van der Waals surface area contributed by atoms with Crippen LogP contribution in [-0.4, -0.2) is 41.3 Å². The molecule has 0 radical (unpaired) electrons. The topological polar surface area (TPSA) is 91.5 Å². The summed E-state index contributed by atoms with van der Waals surface area (Å²) >= 11 is 0. The SMILES string of the molecule is CCNc1ccc([N+](=O)[O-])c(N(C)CC(C)O)n1. The lowest BCUT2D eigenvalue weighted by atomic mass is 10.3. The molecule has 0 aromatic carbocycles. The molecule has 0 amide bonds.